The normalized spacial score (nSPS) is 9.96. The highest BCUT2D eigenvalue weighted by molar-refractivity contribution is 5.98. The number of carbonyl (C=O) groups is 3. The molecule has 0 saturated heterocycles. The lowest BCUT2D eigenvalue weighted by Gasteiger charge is -2.09. The maximum absolute atomic E-state index is 12.0. The van der Waals surface area contributed by atoms with Gasteiger partial charge in [-0.2, -0.15) is 0 Å². The van der Waals surface area contributed by atoms with Gasteiger partial charge >= 0.3 is 5.97 Å². The van der Waals surface area contributed by atoms with E-state index in [0.29, 0.717) is 30.7 Å². The zero-order chi connectivity index (χ0) is 19.5. The maximum atomic E-state index is 12.0. The molecule has 0 aromatic heterocycles. The average molecular weight is 370 g/mol. The summed E-state index contributed by atoms with van der Waals surface area (Å²) >= 11 is 0. The Balaban J connectivity index is 1.76. The van der Waals surface area contributed by atoms with Crippen LogP contribution in [0.25, 0.3) is 0 Å². The summed E-state index contributed by atoms with van der Waals surface area (Å²) in [4.78, 5) is 35.1. The number of hydrogen-bond acceptors (Lipinski definition) is 5. The van der Waals surface area contributed by atoms with Gasteiger partial charge in [0.15, 0.2) is 0 Å². The monoisotopic (exact) mass is 370 g/mol. The summed E-state index contributed by atoms with van der Waals surface area (Å²) in [5.41, 5.74) is 0.846. The van der Waals surface area contributed by atoms with Crippen LogP contribution in [0.2, 0.25) is 0 Å². The molecule has 0 atom stereocenters. The van der Waals surface area contributed by atoms with E-state index in [2.05, 4.69) is 15.4 Å². The lowest BCUT2D eigenvalue weighted by molar-refractivity contribution is -0.139. The fourth-order valence-corrected chi connectivity index (χ4v) is 2.23. The van der Waals surface area contributed by atoms with Gasteiger partial charge in [-0.1, -0.05) is 24.3 Å². The third-order valence-corrected chi connectivity index (χ3v) is 3.59. The Morgan fingerprint density at radius 1 is 1.00 bits per heavy atom. The first-order valence-corrected chi connectivity index (χ1v) is 8.51. The Hall–Kier alpha value is -3.35. The van der Waals surface area contributed by atoms with Gasteiger partial charge < -0.3 is 20.1 Å². The molecular weight excluding hydrogens is 348 g/mol. The van der Waals surface area contributed by atoms with E-state index in [0.717, 1.165) is 5.75 Å². The molecule has 2 N–H and O–H groups in total. The van der Waals surface area contributed by atoms with E-state index in [-0.39, 0.29) is 12.5 Å². The van der Waals surface area contributed by atoms with Crippen molar-refractivity contribution >= 4 is 23.5 Å². The van der Waals surface area contributed by atoms with Crippen LogP contribution in [-0.2, 0) is 14.3 Å². The minimum absolute atomic E-state index is 0.168. The smallest absolute Gasteiger partial charge is 0.325 e. The second kappa shape index (κ2) is 10.6. The molecule has 0 unspecified atom stereocenters. The van der Waals surface area contributed by atoms with E-state index in [1.54, 1.807) is 24.3 Å². The molecule has 7 nitrogen and oxygen atoms in total. The third kappa shape index (κ3) is 7.19. The second-order valence-corrected chi connectivity index (χ2v) is 5.65. The van der Waals surface area contributed by atoms with Crippen molar-refractivity contribution in [2.24, 2.45) is 0 Å². The molecule has 0 saturated carbocycles. The zero-order valence-electron chi connectivity index (χ0n) is 15.1. The second-order valence-electron chi connectivity index (χ2n) is 5.65. The van der Waals surface area contributed by atoms with Crippen LogP contribution in [0.5, 0.6) is 5.75 Å². The Bertz CT molecular complexity index is 777. The fourth-order valence-electron chi connectivity index (χ4n) is 2.23. The molecule has 2 aromatic rings. The van der Waals surface area contributed by atoms with Crippen molar-refractivity contribution < 1.29 is 23.9 Å². The molecule has 0 aliphatic rings. The van der Waals surface area contributed by atoms with Crippen LogP contribution in [-0.4, -0.2) is 38.0 Å². The molecule has 7 heteroatoms. The molecule has 0 bridgehead atoms. The van der Waals surface area contributed by atoms with Gasteiger partial charge in [-0.05, 0) is 36.8 Å². The molecule has 0 spiro atoms. The Labute approximate surface area is 157 Å². The van der Waals surface area contributed by atoms with Gasteiger partial charge in [0, 0.05) is 17.7 Å². The van der Waals surface area contributed by atoms with Crippen molar-refractivity contribution in [2.45, 2.75) is 12.8 Å². The number of rotatable bonds is 9. The fraction of sp³-hybridized carbons (Fsp3) is 0.250. The van der Waals surface area contributed by atoms with Crippen molar-refractivity contribution in [2.75, 3.05) is 25.6 Å². The molecule has 2 rings (SSSR count). The highest BCUT2D eigenvalue weighted by Gasteiger charge is 2.10. The molecule has 142 valence electrons. The number of ether oxygens (including phenoxy) is 2. The minimum atomic E-state index is -0.537. The quantitative estimate of drug-likeness (QED) is 0.522. The van der Waals surface area contributed by atoms with Gasteiger partial charge in [0.2, 0.25) is 5.91 Å². The first-order chi connectivity index (χ1) is 13.1. The minimum Gasteiger partial charge on any atom is -0.494 e. The largest absolute Gasteiger partial charge is 0.494 e. The summed E-state index contributed by atoms with van der Waals surface area (Å²) in [5, 5.41) is 5.19. The number of amides is 2. The molecule has 2 amide bonds. The predicted octanol–water partition coefficient (Wildman–Crippen LogP) is 2.39. The van der Waals surface area contributed by atoms with Crippen LogP contribution in [0.1, 0.15) is 23.2 Å². The summed E-state index contributed by atoms with van der Waals surface area (Å²) in [6.45, 7) is 0.223. The SMILES string of the molecule is COC(=O)CNC(=O)c1cccc(NC(=O)CCCOc2ccccc2)c1. The van der Waals surface area contributed by atoms with Crippen molar-refractivity contribution in [1.29, 1.82) is 0 Å². The molecular formula is C20H22N2O5. The van der Waals surface area contributed by atoms with Gasteiger partial charge in [0.25, 0.3) is 5.91 Å². The predicted molar refractivity (Wildman–Crippen MR) is 101 cm³/mol. The van der Waals surface area contributed by atoms with E-state index in [9.17, 15) is 14.4 Å². The summed E-state index contributed by atoms with van der Waals surface area (Å²) in [6, 6.07) is 15.9. The van der Waals surface area contributed by atoms with Crippen LogP contribution < -0.4 is 15.4 Å². The van der Waals surface area contributed by atoms with Crippen molar-refractivity contribution in [1.82, 2.24) is 5.32 Å². The first kappa shape index (κ1) is 20.0. The summed E-state index contributed by atoms with van der Waals surface area (Å²) in [5.74, 6) is -0.361. The van der Waals surface area contributed by atoms with Crippen LogP contribution >= 0.6 is 0 Å². The lowest BCUT2D eigenvalue weighted by Crippen LogP contribution is -2.30. The standard InChI is InChI=1S/C20H22N2O5/c1-26-19(24)14-21-20(25)15-7-5-8-16(13-15)22-18(23)11-6-12-27-17-9-3-2-4-10-17/h2-5,7-10,13H,6,11-12,14H2,1H3,(H,21,25)(H,22,23). The lowest BCUT2D eigenvalue weighted by atomic mass is 10.2. The van der Waals surface area contributed by atoms with Crippen LogP contribution in [0, 0.1) is 0 Å². The van der Waals surface area contributed by atoms with Gasteiger partial charge in [-0.25, -0.2) is 0 Å². The number of para-hydroxylation sites is 1. The molecule has 0 aliphatic heterocycles. The van der Waals surface area contributed by atoms with Crippen molar-refractivity contribution in [3.8, 4) is 5.75 Å². The third-order valence-electron chi connectivity index (χ3n) is 3.59. The molecule has 0 heterocycles. The highest BCUT2D eigenvalue weighted by atomic mass is 16.5. The van der Waals surface area contributed by atoms with Gasteiger partial charge in [-0.3, -0.25) is 14.4 Å². The van der Waals surface area contributed by atoms with Crippen molar-refractivity contribution in [3.05, 3.63) is 60.2 Å². The molecule has 2 aromatic carbocycles. The van der Waals surface area contributed by atoms with E-state index in [1.807, 2.05) is 30.3 Å². The van der Waals surface area contributed by atoms with Crippen LogP contribution in [0.15, 0.2) is 54.6 Å². The van der Waals surface area contributed by atoms with Crippen molar-refractivity contribution in [3.63, 3.8) is 0 Å². The van der Waals surface area contributed by atoms with Crippen LogP contribution in [0.3, 0.4) is 0 Å². The van der Waals surface area contributed by atoms with E-state index in [1.165, 1.54) is 7.11 Å². The number of nitrogens with one attached hydrogen (secondary N) is 2. The van der Waals surface area contributed by atoms with E-state index >= 15 is 0 Å². The molecule has 0 fully saturated rings. The number of methoxy groups -OCH3 is 1. The first-order valence-electron chi connectivity index (χ1n) is 8.51. The molecule has 27 heavy (non-hydrogen) atoms. The Morgan fingerprint density at radius 3 is 2.52 bits per heavy atom. The van der Waals surface area contributed by atoms with Gasteiger partial charge in [0.1, 0.15) is 12.3 Å². The number of carbonyl (C=O) groups excluding carboxylic acids is 3. The van der Waals surface area contributed by atoms with Gasteiger partial charge in [0.05, 0.1) is 13.7 Å². The van der Waals surface area contributed by atoms with Gasteiger partial charge in [-0.15, -0.1) is 0 Å². The summed E-state index contributed by atoms with van der Waals surface area (Å²) in [6.07, 6.45) is 0.867. The number of benzene rings is 2. The number of esters is 1. The molecule has 0 radical (unpaired) electrons. The zero-order valence-corrected chi connectivity index (χ0v) is 15.1. The summed E-state index contributed by atoms with van der Waals surface area (Å²) in [7, 11) is 1.25. The number of hydrogen-bond donors (Lipinski definition) is 2. The molecule has 0 aliphatic carbocycles. The summed E-state index contributed by atoms with van der Waals surface area (Å²) < 4.78 is 10.0. The van der Waals surface area contributed by atoms with E-state index < -0.39 is 11.9 Å². The Kier molecular flexibility index (Phi) is 7.84. The highest BCUT2D eigenvalue weighted by Crippen LogP contribution is 2.12. The van der Waals surface area contributed by atoms with Crippen LogP contribution in [0.4, 0.5) is 5.69 Å². The Morgan fingerprint density at radius 2 is 1.78 bits per heavy atom. The maximum Gasteiger partial charge on any atom is 0.325 e. The topological polar surface area (TPSA) is 93.7 Å². The average Bonchev–Trinajstić information content (AvgIpc) is 2.70. The van der Waals surface area contributed by atoms with E-state index in [4.69, 9.17) is 4.74 Å². The number of anilines is 1.